The van der Waals surface area contributed by atoms with Crippen molar-refractivity contribution in [2.45, 2.75) is 13.5 Å². The Hall–Kier alpha value is -3.46. The lowest BCUT2D eigenvalue weighted by Gasteiger charge is -2.11. The second-order valence-electron chi connectivity index (χ2n) is 5.54. The number of benzene rings is 1. The topological polar surface area (TPSA) is 81.7 Å². The van der Waals surface area contributed by atoms with E-state index in [4.69, 9.17) is 15.6 Å². The van der Waals surface area contributed by atoms with Gasteiger partial charge < -0.3 is 18.8 Å². The molecule has 6 nitrogen and oxygen atoms in total. The number of pyridine rings is 1. The van der Waals surface area contributed by atoms with Gasteiger partial charge in [-0.3, -0.25) is 4.79 Å². The van der Waals surface area contributed by atoms with E-state index in [-0.39, 0.29) is 18.9 Å². The molecule has 0 atom stereocenters. The van der Waals surface area contributed by atoms with Crippen molar-refractivity contribution >= 4 is 11.0 Å². The van der Waals surface area contributed by atoms with E-state index >= 15 is 0 Å². The van der Waals surface area contributed by atoms with Gasteiger partial charge in [-0.15, -0.1) is 6.42 Å². The molecule has 0 saturated heterocycles. The molecule has 0 amide bonds. The number of terminal acetylenes is 1. The Balaban J connectivity index is 1.99. The lowest BCUT2D eigenvalue weighted by atomic mass is 10.1. The fourth-order valence-corrected chi connectivity index (χ4v) is 2.47. The average Bonchev–Trinajstić information content (AvgIpc) is 2.58. The quantitative estimate of drug-likeness (QED) is 0.582. The third-order valence-electron chi connectivity index (χ3n) is 3.77. The summed E-state index contributed by atoms with van der Waals surface area (Å²) in [6.45, 7) is 2.02. The van der Waals surface area contributed by atoms with Crippen LogP contribution in [0.15, 0.2) is 50.5 Å². The van der Waals surface area contributed by atoms with E-state index in [0.717, 1.165) is 5.39 Å². The Kier molecular flexibility index (Phi) is 4.31. The highest BCUT2D eigenvalue weighted by molar-refractivity contribution is 5.78. The van der Waals surface area contributed by atoms with Crippen LogP contribution in [-0.4, -0.2) is 16.3 Å². The van der Waals surface area contributed by atoms with Crippen molar-refractivity contribution in [2.75, 3.05) is 6.61 Å². The van der Waals surface area contributed by atoms with Gasteiger partial charge >= 0.3 is 5.63 Å². The fraction of sp³-hybridized carbons (Fsp3) is 0.158. The summed E-state index contributed by atoms with van der Waals surface area (Å²) < 4.78 is 12.3. The van der Waals surface area contributed by atoms with Crippen molar-refractivity contribution < 1.29 is 14.3 Å². The molecule has 3 aromatic rings. The molecule has 1 aromatic carbocycles. The zero-order valence-corrected chi connectivity index (χ0v) is 13.5. The first-order valence-electron chi connectivity index (χ1n) is 7.51. The van der Waals surface area contributed by atoms with Crippen LogP contribution in [0.1, 0.15) is 11.3 Å². The van der Waals surface area contributed by atoms with Crippen LogP contribution < -0.4 is 15.8 Å². The van der Waals surface area contributed by atoms with E-state index in [9.17, 15) is 14.7 Å². The molecule has 25 heavy (non-hydrogen) atoms. The first-order valence-corrected chi connectivity index (χ1v) is 7.51. The summed E-state index contributed by atoms with van der Waals surface area (Å²) in [7, 11) is 0. The molecular formula is C19H15NO5. The molecule has 0 aliphatic heterocycles. The molecule has 126 valence electrons. The van der Waals surface area contributed by atoms with E-state index in [1.54, 1.807) is 35.8 Å². The number of fused-ring (bicyclic) bond motifs is 1. The van der Waals surface area contributed by atoms with E-state index in [1.807, 2.05) is 0 Å². The number of hydrogen-bond donors (Lipinski definition) is 1. The van der Waals surface area contributed by atoms with Crippen LogP contribution in [0.2, 0.25) is 0 Å². The van der Waals surface area contributed by atoms with Gasteiger partial charge in [-0.25, -0.2) is 4.79 Å². The lowest BCUT2D eigenvalue weighted by molar-refractivity contribution is 0.370. The summed E-state index contributed by atoms with van der Waals surface area (Å²) in [4.78, 5) is 23.7. The van der Waals surface area contributed by atoms with Crippen LogP contribution in [0.25, 0.3) is 11.0 Å². The standard InChI is InChI=1S/C19H15NO5/c1-3-6-24-15-5-4-13-8-14(19(23)25-18(13)9-15)10-20-11-17(22)16(21)7-12(20)2/h1,4-5,7-9,11,22H,6,10H2,2H3. The molecule has 0 saturated carbocycles. The van der Waals surface area contributed by atoms with Gasteiger partial charge in [-0.1, -0.05) is 5.92 Å². The molecule has 0 spiro atoms. The Morgan fingerprint density at radius 3 is 2.84 bits per heavy atom. The number of nitrogens with zero attached hydrogens (tertiary/aromatic N) is 1. The van der Waals surface area contributed by atoms with Gasteiger partial charge in [0.15, 0.2) is 5.75 Å². The molecular weight excluding hydrogens is 322 g/mol. The van der Waals surface area contributed by atoms with Crippen molar-refractivity contribution in [1.82, 2.24) is 4.57 Å². The van der Waals surface area contributed by atoms with Crippen molar-refractivity contribution in [2.24, 2.45) is 0 Å². The van der Waals surface area contributed by atoms with E-state index in [2.05, 4.69) is 5.92 Å². The number of aromatic hydroxyl groups is 1. The molecule has 0 aliphatic rings. The van der Waals surface area contributed by atoms with Crippen LogP contribution in [0.4, 0.5) is 0 Å². The summed E-state index contributed by atoms with van der Waals surface area (Å²) in [6.07, 6.45) is 6.45. The van der Waals surface area contributed by atoms with E-state index < -0.39 is 11.1 Å². The average molecular weight is 337 g/mol. The molecule has 2 heterocycles. The first-order chi connectivity index (χ1) is 12.0. The van der Waals surface area contributed by atoms with Gasteiger partial charge in [0.05, 0.1) is 18.3 Å². The van der Waals surface area contributed by atoms with Crippen LogP contribution in [-0.2, 0) is 6.54 Å². The zero-order chi connectivity index (χ0) is 18.0. The van der Waals surface area contributed by atoms with Crippen LogP contribution >= 0.6 is 0 Å². The number of rotatable bonds is 4. The van der Waals surface area contributed by atoms with Crippen LogP contribution in [0.5, 0.6) is 11.5 Å². The van der Waals surface area contributed by atoms with Gasteiger partial charge in [-0.2, -0.15) is 0 Å². The molecule has 6 heteroatoms. The second kappa shape index (κ2) is 6.57. The third-order valence-corrected chi connectivity index (χ3v) is 3.77. The maximum Gasteiger partial charge on any atom is 0.341 e. The third kappa shape index (κ3) is 3.40. The molecule has 3 rings (SSSR count). The Morgan fingerprint density at radius 2 is 2.08 bits per heavy atom. The van der Waals surface area contributed by atoms with Crippen molar-refractivity contribution in [3.8, 4) is 23.8 Å². The molecule has 0 bridgehead atoms. The SMILES string of the molecule is C#CCOc1ccc2cc(Cn3cc(O)c(=O)cc3C)c(=O)oc2c1. The zero-order valence-electron chi connectivity index (χ0n) is 13.5. The molecule has 0 aliphatic carbocycles. The fourth-order valence-electron chi connectivity index (χ4n) is 2.47. The molecule has 0 radical (unpaired) electrons. The molecule has 0 unspecified atom stereocenters. The summed E-state index contributed by atoms with van der Waals surface area (Å²) in [6, 6.07) is 8.13. The van der Waals surface area contributed by atoms with Crippen LogP contribution in [0, 0.1) is 19.3 Å². The van der Waals surface area contributed by atoms with Crippen molar-refractivity contribution in [3.05, 3.63) is 68.4 Å². The highest BCUT2D eigenvalue weighted by Gasteiger charge is 2.09. The van der Waals surface area contributed by atoms with Crippen molar-refractivity contribution in [1.29, 1.82) is 0 Å². The minimum atomic E-state index is -0.501. The smallest absolute Gasteiger partial charge is 0.341 e. The molecule has 0 fully saturated rings. The lowest BCUT2D eigenvalue weighted by Crippen LogP contribution is -2.15. The summed E-state index contributed by atoms with van der Waals surface area (Å²) in [5.74, 6) is 2.51. The predicted octanol–water partition coefficient (Wildman–Crippen LogP) is 2.03. The largest absolute Gasteiger partial charge is 0.503 e. The minimum Gasteiger partial charge on any atom is -0.503 e. The molecule has 2 aromatic heterocycles. The van der Waals surface area contributed by atoms with Gasteiger partial charge in [0.1, 0.15) is 17.9 Å². The van der Waals surface area contributed by atoms with Crippen molar-refractivity contribution in [3.63, 3.8) is 0 Å². The second-order valence-corrected chi connectivity index (χ2v) is 5.54. The number of ether oxygens (including phenoxy) is 1. The number of hydrogen-bond acceptors (Lipinski definition) is 5. The first kappa shape index (κ1) is 16.4. The normalized spacial score (nSPS) is 10.6. The minimum absolute atomic E-state index is 0.128. The number of aryl methyl sites for hydroxylation is 1. The maximum atomic E-state index is 12.2. The van der Waals surface area contributed by atoms with E-state index in [0.29, 0.717) is 22.6 Å². The summed E-state index contributed by atoms with van der Waals surface area (Å²) in [5, 5.41) is 10.3. The number of aromatic nitrogens is 1. The van der Waals surface area contributed by atoms with Gasteiger partial charge in [0, 0.05) is 23.2 Å². The van der Waals surface area contributed by atoms with Crippen LogP contribution in [0.3, 0.4) is 0 Å². The molecule has 1 N–H and O–H groups in total. The Bertz CT molecular complexity index is 1100. The predicted molar refractivity (Wildman–Crippen MR) is 93.0 cm³/mol. The monoisotopic (exact) mass is 337 g/mol. The van der Waals surface area contributed by atoms with Gasteiger partial charge in [0.25, 0.3) is 0 Å². The van der Waals surface area contributed by atoms with Gasteiger partial charge in [-0.05, 0) is 25.1 Å². The maximum absolute atomic E-state index is 12.2. The Labute approximate surface area is 142 Å². The van der Waals surface area contributed by atoms with Gasteiger partial charge in [0.2, 0.25) is 5.43 Å². The highest BCUT2D eigenvalue weighted by atomic mass is 16.5. The van der Waals surface area contributed by atoms with E-state index in [1.165, 1.54) is 12.3 Å². The summed E-state index contributed by atoms with van der Waals surface area (Å²) >= 11 is 0. The Morgan fingerprint density at radius 1 is 1.28 bits per heavy atom. The summed E-state index contributed by atoms with van der Waals surface area (Å²) in [5.41, 5.74) is 0.456. The highest BCUT2D eigenvalue weighted by Crippen LogP contribution is 2.21.